The second kappa shape index (κ2) is 6.88. The Morgan fingerprint density at radius 1 is 1.22 bits per heavy atom. The van der Waals surface area contributed by atoms with Crippen LogP contribution in [-0.2, 0) is 6.54 Å². The number of nitrogens with zero attached hydrogens (tertiary/aromatic N) is 1. The van der Waals surface area contributed by atoms with E-state index in [-0.39, 0.29) is 6.10 Å². The van der Waals surface area contributed by atoms with Crippen molar-refractivity contribution in [3.63, 3.8) is 0 Å². The first kappa shape index (κ1) is 13.5. The summed E-state index contributed by atoms with van der Waals surface area (Å²) in [5.41, 5.74) is 6.93. The summed E-state index contributed by atoms with van der Waals surface area (Å²) in [6.07, 6.45) is 4.03. The molecule has 0 bridgehead atoms. The smallest absolute Gasteiger partial charge is 0.0695 e. The van der Waals surface area contributed by atoms with Gasteiger partial charge in [-0.1, -0.05) is 30.3 Å². The summed E-state index contributed by atoms with van der Waals surface area (Å²) in [6, 6.07) is 10.8. The maximum absolute atomic E-state index is 10.1. The molecule has 0 radical (unpaired) electrons. The molecule has 1 aromatic carbocycles. The third-order valence-corrected chi connectivity index (χ3v) is 3.79. The Labute approximate surface area is 110 Å². The van der Waals surface area contributed by atoms with Crippen LogP contribution in [0.5, 0.6) is 0 Å². The molecule has 0 saturated heterocycles. The van der Waals surface area contributed by atoms with Gasteiger partial charge >= 0.3 is 0 Å². The van der Waals surface area contributed by atoms with Gasteiger partial charge in [0.2, 0.25) is 0 Å². The largest absolute Gasteiger partial charge is 0.391 e. The SMILES string of the molecule is NCCCN(Cc1ccccc1)C1CCCC1O. The van der Waals surface area contributed by atoms with Crippen LogP contribution in [0.3, 0.4) is 0 Å². The van der Waals surface area contributed by atoms with E-state index in [0.717, 1.165) is 38.8 Å². The van der Waals surface area contributed by atoms with E-state index < -0.39 is 0 Å². The van der Waals surface area contributed by atoms with Crippen molar-refractivity contribution in [2.75, 3.05) is 13.1 Å². The summed E-state index contributed by atoms with van der Waals surface area (Å²) in [4.78, 5) is 2.40. The Bertz CT molecular complexity index is 342. The van der Waals surface area contributed by atoms with Crippen molar-refractivity contribution < 1.29 is 5.11 Å². The lowest BCUT2D eigenvalue weighted by Gasteiger charge is -2.31. The molecule has 2 atom stereocenters. The van der Waals surface area contributed by atoms with Crippen LogP contribution in [0.4, 0.5) is 0 Å². The molecule has 2 unspecified atom stereocenters. The van der Waals surface area contributed by atoms with Gasteiger partial charge in [-0.25, -0.2) is 0 Å². The van der Waals surface area contributed by atoms with Crippen molar-refractivity contribution in [3.05, 3.63) is 35.9 Å². The number of hydrogen-bond donors (Lipinski definition) is 2. The summed E-state index contributed by atoms with van der Waals surface area (Å²) in [5.74, 6) is 0. The van der Waals surface area contributed by atoms with Crippen LogP contribution in [0.1, 0.15) is 31.2 Å². The molecule has 100 valence electrons. The minimum atomic E-state index is -0.161. The number of aliphatic hydroxyl groups is 1. The predicted octanol–water partition coefficient (Wildman–Crippen LogP) is 1.75. The van der Waals surface area contributed by atoms with Crippen LogP contribution in [0.2, 0.25) is 0 Å². The number of rotatable bonds is 6. The molecular formula is C15H24N2O. The Morgan fingerprint density at radius 2 is 2.00 bits per heavy atom. The maximum atomic E-state index is 10.1. The maximum Gasteiger partial charge on any atom is 0.0695 e. The third-order valence-electron chi connectivity index (χ3n) is 3.79. The van der Waals surface area contributed by atoms with E-state index in [0.29, 0.717) is 12.6 Å². The van der Waals surface area contributed by atoms with Crippen LogP contribution in [0, 0.1) is 0 Å². The highest BCUT2D eigenvalue weighted by molar-refractivity contribution is 5.14. The molecule has 3 N–H and O–H groups in total. The number of hydrogen-bond acceptors (Lipinski definition) is 3. The van der Waals surface area contributed by atoms with Crippen molar-refractivity contribution >= 4 is 0 Å². The van der Waals surface area contributed by atoms with E-state index in [2.05, 4.69) is 29.2 Å². The van der Waals surface area contributed by atoms with E-state index >= 15 is 0 Å². The average molecular weight is 248 g/mol. The van der Waals surface area contributed by atoms with Gasteiger partial charge in [0.15, 0.2) is 0 Å². The molecule has 3 heteroatoms. The van der Waals surface area contributed by atoms with Gasteiger partial charge in [-0.3, -0.25) is 4.90 Å². The number of nitrogens with two attached hydrogens (primary N) is 1. The van der Waals surface area contributed by atoms with Gasteiger partial charge in [0.05, 0.1) is 6.10 Å². The van der Waals surface area contributed by atoms with Gasteiger partial charge < -0.3 is 10.8 Å². The number of aliphatic hydroxyl groups excluding tert-OH is 1. The predicted molar refractivity (Wildman–Crippen MR) is 74.2 cm³/mol. The van der Waals surface area contributed by atoms with E-state index in [1.807, 2.05) is 6.07 Å². The standard InChI is InChI=1S/C15H24N2O/c16-10-5-11-17(14-8-4-9-15(14)18)12-13-6-2-1-3-7-13/h1-3,6-7,14-15,18H,4-5,8-12,16H2. The molecule has 0 amide bonds. The minimum absolute atomic E-state index is 0.161. The zero-order chi connectivity index (χ0) is 12.8. The molecule has 18 heavy (non-hydrogen) atoms. The molecule has 1 aromatic rings. The highest BCUT2D eigenvalue weighted by Gasteiger charge is 2.30. The lowest BCUT2D eigenvalue weighted by atomic mass is 10.1. The average Bonchev–Trinajstić information content (AvgIpc) is 2.82. The molecule has 0 aliphatic heterocycles. The minimum Gasteiger partial charge on any atom is -0.391 e. The van der Waals surface area contributed by atoms with Gasteiger partial charge in [-0.15, -0.1) is 0 Å². The monoisotopic (exact) mass is 248 g/mol. The Balaban J connectivity index is 2.00. The molecule has 1 aliphatic carbocycles. The lowest BCUT2D eigenvalue weighted by Crippen LogP contribution is -2.41. The highest BCUT2D eigenvalue weighted by atomic mass is 16.3. The third kappa shape index (κ3) is 3.55. The fourth-order valence-electron chi connectivity index (χ4n) is 2.82. The van der Waals surface area contributed by atoms with Crippen LogP contribution in [0.25, 0.3) is 0 Å². The Morgan fingerprint density at radius 3 is 2.61 bits per heavy atom. The Hall–Kier alpha value is -0.900. The number of benzene rings is 1. The molecular weight excluding hydrogens is 224 g/mol. The first-order valence-electron chi connectivity index (χ1n) is 6.97. The second-order valence-corrected chi connectivity index (χ2v) is 5.16. The molecule has 3 nitrogen and oxygen atoms in total. The highest BCUT2D eigenvalue weighted by Crippen LogP contribution is 2.25. The summed E-state index contributed by atoms with van der Waals surface area (Å²) in [7, 11) is 0. The fraction of sp³-hybridized carbons (Fsp3) is 0.600. The first-order valence-corrected chi connectivity index (χ1v) is 6.97. The first-order chi connectivity index (χ1) is 8.81. The van der Waals surface area contributed by atoms with Gasteiger partial charge in [0.25, 0.3) is 0 Å². The zero-order valence-electron chi connectivity index (χ0n) is 11.0. The van der Waals surface area contributed by atoms with Crippen LogP contribution in [0.15, 0.2) is 30.3 Å². The van der Waals surface area contributed by atoms with Crippen molar-refractivity contribution in [1.82, 2.24) is 4.90 Å². The quantitative estimate of drug-likeness (QED) is 0.806. The van der Waals surface area contributed by atoms with Gasteiger partial charge in [0, 0.05) is 19.1 Å². The van der Waals surface area contributed by atoms with Gasteiger partial charge in [-0.2, -0.15) is 0 Å². The summed E-state index contributed by atoms with van der Waals surface area (Å²) in [6.45, 7) is 2.61. The van der Waals surface area contributed by atoms with Crippen molar-refractivity contribution in [3.8, 4) is 0 Å². The van der Waals surface area contributed by atoms with E-state index in [1.165, 1.54) is 5.56 Å². The molecule has 1 aliphatic rings. The summed E-state index contributed by atoms with van der Waals surface area (Å²) in [5, 5.41) is 10.1. The summed E-state index contributed by atoms with van der Waals surface area (Å²) >= 11 is 0. The lowest BCUT2D eigenvalue weighted by molar-refractivity contribution is 0.0654. The van der Waals surface area contributed by atoms with Crippen LogP contribution in [-0.4, -0.2) is 35.2 Å². The van der Waals surface area contributed by atoms with Crippen LogP contribution < -0.4 is 5.73 Å². The van der Waals surface area contributed by atoms with Gasteiger partial charge in [0.1, 0.15) is 0 Å². The molecule has 0 spiro atoms. The van der Waals surface area contributed by atoms with E-state index in [9.17, 15) is 5.11 Å². The molecule has 0 aromatic heterocycles. The van der Waals surface area contributed by atoms with E-state index in [4.69, 9.17) is 5.73 Å². The summed E-state index contributed by atoms with van der Waals surface area (Å²) < 4.78 is 0. The van der Waals surface area contributed by atoms with Crippen LogP contribution >= 0.6 is 0 Å². The molecule has 1 fully saturated rings. The fourth-order valence-corrected chi connectivity index (χ4v) is 2.82. The Kier molecular flexibility index (Phi) is 5.17. The van der Waals surface area contributed by atoms with Crippen molar-refractivity contribution in [1.29, 1.82) is 0 Å². The normalized spacial score (nSPS) is 23.7. The van der Waals surface area contributed by atoms with Crippen molar-refractivity contribution in [2.45, 2.75) is 44.4 Å². The second-order valence-electron chi connectivity index (χ2n) is 5.16. The van der Waals surface area contributed by atoms with E-state index in [1.54, 1.807) is 0 Å². The zero-order valence-corrected chi connectivity index (χ0v) is 11.0. The molecule has 2 rings (SSSR count). The molecule has 1 saturated carbocycles. The topological polar surface area (TPSA) is 49.5 Å². The molecule has 0 heterocycles. The van der Waals surface area contributed by atoms with Gasteiger partial charge in [-0.05, 0) is 37.8 Å². The van der Waals surface area contributed by atoms with Crippen molar-refractivity contribution in [2.24, 2.45) is 5.73 Å².